The number of nitrogens with one attached hydrogen (secondary N) is 1. The number of carbonyl (C=O) groups is 2. The Bertz CT molecular complexity index is 888. The topological polar surface area (TPSA) is 84.6 Å². The van der Waals surface area contributed by atoms with Crippen molar-refractivity contribution in [2.75, 3.05) is 0 Å². The number of allylic oxidation sites excluding steroid dienone is 3. The fourth-order valence-electron chi connectivity index (χ4n) is 3.43. The molecule has 1 aromatic heterocycles. The molecule has 6 nitrogen and oxygen atoms in total. The van der Waals surface area contributed by atoms with E-state index in [0.717, 1.165) is 28.3 Å². The van der Waals surface area contributed by atoms with Crippen LogP contribution < -0.4 is 5.32 Å². The van der Waals surface area contributed by atoms with Gasteiger partial charge in [-0.3, -0.25) is 9.59 Å². The lowest BCUT2D eigenvalue weighted by atomic mass is 9.74. The first-order chi connectivity index (χ1) is 12.6. The molecule has 0 saturated carbocycles. The molecule has 1 aliphatic carbocycles. The lowest BCUT2D eigenvalue weighted by Crippen LogP contribution is -2.36. The first-order valence-corrected chi connectivity index (χ1v) is 9.11. The highest BCUT2D eigenvalue weighted by Crippen LogP contribution is 2.38. The van der Waals surface area contributed by atoms with Crippen molar-refractivity contribution in [3.63, 3.8) is 0 Å². The summed E-state index contributed by atoms with van der Waals surface area (Å²) in [5.74, 6) is 0.404. The Kier molecular flexibility index (Phi) is 5.00. The number of rotatable bonds is 3. The van der Waals surface area contributed by atoms with Gasteiger partial charge < -0.3 is 9.84 Å². The van der Waals surface area contributed by atoms with Crippen LogP contribution in [-0.2, 0) is 16.0 Å². The molecule has 1 unspecified atom stereocenters. The molecule has 0 radical (unpaired) electrons. The number of aryl methyl sites for hydroxylation is 2. The van der Waals surface area contributed by atoms with E-state index in [1.54, 1.807) is 12.2 Å². The molecule has 6 heteroatoms. The summed E-state index contributed by atoms with van der Waals surface area (Å²) in [6.07, 6.45) is 8.13. The summed E-state index contributed by atoms with van der Waals surface area (Å²) >= 11 is 0. The third-order valence-electron chi connectivity index (χ3n) is 4.88. The van der Waals surface area contributed by atoms with Crippen molar-refractivity contribution in [3.05, 3.63) is 52.6 Å². The second-order valence-corrected chi connectivity index (χ2v) is 8.01. The normalized spacial score (nSPS) is 20.9. The number of hydrogen-bond donors (Lipinski definition) is 1. The van der Waals surface area contributed by atoms with E-state index in [4.69, 9.17) is 4.52 Å². The molecular weight excluding hydrogens is 342 g/mol. The van der Waals surface area contributed by atoms with Crippen LogP contribution in [0.3, 0.4) is 0 Å². The molecule has 3 rings (SSSR count). The van der Waals surface area contributed by atoms with E-state index in [9.17, 15) is 9.59 Å². The number of nitrogens with zero attached hydrogens (tertiary/aromatic N) is 2. The molecule has 1 aromatic rings. The Labute approximate surface area is 159 Å². The fraction of sp³-hybridized carbons (Fsp3) is 0.429. The van der Waals surface area contributed by atoms with Gasteiger partial charge in [0.25, 0.3) is 0 Å². The third kappa shape index (κ3) is 4.15. The summed E-state index contributed by atoms with van der Waals surface area (Å²) < 4.78 is 5.12. The van der Waals surface area contributed by atoms with Gasteiger partial charge in [-0.15, -0.1) is 0 Å². The van der Waals surface area contributed by atoms with Crippen LogP contribution in [0, 0.1) is 25.2 Å². The van der Waals surface area contributed by atoms with Gasteiger partial charge >= 0.3 is 0 Å². The Morgan fingerprint density at radius 3 is 2.67 bits per heavy atom. The molecule has 0 saturated heterocycles. The minimum atomic E-state index is -0.210. The molecule has 0 spiro atoms. The second-order valence-electron chi connectivity index (χ2n) is 8.01. The van der Waals surface area contributed by atoms with Crippen molar-refractivity contribution in [1.29, 1.82) is 0 Å². The summed E-state index contributed by atoms with van der Waals surface area (Å²) in [6.45, 7) is 9.97. The third-order valence-corrected chi connectivity index (χ3v) is 4.88. The average molecular weight is 367 g/mol. The van der Waals surface area contributed by atoms with Gasteiger partial charge in [0.1, 0.15) is 5.76 Å². The Morgan fingerprint density at radius 1 is 1.30 bits per heavy atom. The zero-order valence-electron chi connectivity index (χ0n) is 16.4. The monoisotopic (exact) mass is 367 g/mol. The van der Waals surface area contributed by atoms with E-state index in [2.05, 4.69) is 36.2 Å². The first kappa shape index (κ1) is 19.0. The second kappa shape index (κ2) is 7.10. The van der Waals surface area contributed by atoms with Crippen LogP contribution in [0.15, 0.2) is 45.1 Å². The number of amides is 2. The summed E-state index contributed by atoms with van der Waals surface area (Å²) in [4.78, 5) is 28.5. The fourth-order valence-corrected chi connectivity index (χ4v) is 3.43. The molecule has 2 aliphatic rings. The Balaban J connectivity index is 1.73. The number of aromatic nitrogens is 1. The molecule has 1 aliphatic heterocycles. The number of fused-ring (bicyclic) bond motifs is 1. The van der Waals surface area contributed by atoms with Crippen LogP contribution in [-0.4, -0.2) is 22.7 Å². The largest absolute Gasteiger partial charge is 0.361 e. The van der Waals surface area contributed by atoms with Crippen LogP contribution >= 0.6 is 0 Å². The van der Waals surface area contributed by atoms with Crippen LogP contribution in [0.1, 0.15) is 44.2 Å². The first-order valence-electron chi connectivity index (χ1n) is 9.11. The van der Waals surface area contributed by atoms with Gasteiger partial charge in [0.05, 0.1) is 11.4 Å². The zero-order chi connectivity index (χ0) is 19.8. The smallest absolute Gasteiger partial charge is 0.248 e. The maximum Gasteiger partial charge on any atom is 0.248 e. The van der Waals surface area contributed by atoms with Gasteiger partial charge in [0.2, 0.25) is 11.8 Å². The molecule has 0 aromatic carbocycles. The molecular formula is C21H25N3O3. The predicted molar refractivity (Wildman–Crippen MR) is 103 cm³/mol. The van der Waals surface area contributed by atoms with Crippen LogP contribution in [0.5, 0.6) is 0 Å². The molecule has 2 heterocycles. The molecule has 2 amide bonds. The van der Waals surface area contributed by atoms with E-state index in [1.807, 2.05) is 26.0 Å². The zero-order valence-corrected chi connectivity index (χ0v) is 16.4. The van der Waals surface area contributed by atoms with Crippen molar-refractivity contribution in [3.8, 4) is 0 Å². The van der Waals surface area contributed by atoms with Gasteiger partial charge in [0, 0.05) is 29.7 Å². The van der Waals surface area contributed by atoms with Crippen LogP contribution in [0.2, 0.25) is 0 Å². The van der Waals surface area contributed by atoms with Crippen molar-refractivity contribution >= 4 is 17.5 Å². The molecule has 0 bridgehead atoms. The summed E-state index contributed by atoms with van der Waals surface area (Å²) in [6, 6.07) is 0. The maximum atomic E-state index is 12.3. The van der Waals surface area contributed by atoms with Gasteiger partial charge in [0.15, 0.2) is 0 Å². The van der Waals surface area contributed by atoms with E-state index < -0.39 is 0 Å². The van der Waals surface area contributed by atoms with Gasteiger partial charge in [-0.1, -0.05) is 32.0 Å². The molecule has 142 valence electrons. The average Bonchev–Trinajstić information content (AvgIpc) is 2.89. The highest BCUT2D eigenvalue weighted by molar-refractivity contribution is 6.11. The van der Waals surface area contributed by atoms with Gasteiger partial charge in [-0.25, -0.2) is 4.99 Å². The number of carbonyl (C=O) groups excluding carboxylic acids is 2. The lowest BCUT2D eigenvalue weighted by molar-refractivity contribution is -0.118. The standard InChI is InChI=1S/C21H25N3O3/c1-12-15(13(2)27-24-12)8-9-19(25)22-14-6-7-16-17(21(3,4)5)11-20(26)23-18(16)10-14/h6-7,10-11,16H,8-9H2,1-5H3,(H,23,26). The highest BCUT2D eigenvalue weighted by atomic mass is 16.5. The predicted octanol–water partition coefficient (Wildman–Crippen LogP) is 3.36. The summed E-state index contributed by atoms with van der Waals surface area (Å²) in [7, 11) is 0. The number of hydrogen-bond acceptors (Lipinski definition) is 4. The van der Waals surface area contributed by atoms with E-state index in [0.29, 0.717) is 12.1 Å². The minimum Gasteiger partial charge on any atom is -0.361 e. The van der Waals surface area contributed by atoms with Gasteiger partial charge in [-0.05, 0) is 43.4 Å². The highest BCUT2D eigenvalue weighted by Gasteiger charge is 2.32. The minimum absolute atomic E-state index is 0.0130. The number of aliphatic imine (C=N–C) groups is 1. The Morgan fingerprint density at radius 2 is 2.04 bits per heavy atom. The molecule has 27 heavy (non-hydrogen) atoms. The van der Waals surface area contributed by atoms with E-state index >= 15 is 0 Å². The van der Waals surface area contributed by atoms with Crippen molar-refractivity contribution in [2.24, 2.45) is 16.3 Å². The molecule has 0 fully saturated rings. The summed E-state index contributed by atoms with van der Waals surface area (Å²) in [5, 5.41) is 6.78. The van der Waals surface area contributed by atoms with Crippen LogP contribution in [0.4, 0.5) is 0 Å². The molecule has 1 atom stereocenters. The van der Waals surface area contributed by atoms with Crippen molar-refractivity contribution in [1.82, 2.24) is 10.5 Å². The quantitative estimate of drug-likeness (QED) is 0.888. The van der Waals surface area contributed by atoms with E-state index in [-0.39, 0.29) is 29.6 Å². The maximum absolute atomic E-state index is 12.3. The SMILES string of the molecule is Cc1noc(C)c1CCC(=O)N=C1C=CC2C(=C1)NC(=O)C=C2C(C)(C)C. The van der Waals surface area contributed by atoms with Gasteiger partial charge in [-0.2, -0.15) is 0 Å². The van der Waals surface area contributed by atoms with E-state index in [1.165, 1.54) is 0 Å². The van der Waals surface area contributed by atoms with Crippen LogP contribution in [0.25, 0.3) is 0 Å². The molecule has 1 N–H and O–H groups in total. The summed E-state index contributed by atoms with van der Waals surface area (Å²) in [5.41, 5.74) is 4.03. The Hall–Kier alpha value is -2.76. The lowest BCUT2D eigenvalue weighted by Gasteiger charge is -2.34. The van der Waals surface area contributed by atoms with Crippen molar-refractivity contribution < 1.29 is 14.1 Å². The van der Waals surface area contributed by atoms with Crippen molar-refractivity contribution in [2.45, 2.75) is 47.5 Å².